The standard InChI is InChI=1S/C9H10N2O2.C2H6/c12-11(13)9-5-1-4-8-7(9)3-2-6-10-8;1-2/h1,4-5,10H,2-3,6H2;1-2H3. The number of nitro benzene ring substituents is 1. The Kier molecular flexibility index (Phi) is 4.09. The van der Waals surface area contributed by atoms with E-state index in [9.17, 15) is 10.1 Å². The van der Waals surface area contributed by atoms with Crippen molar-refractivity contribution >= 4 is 11.4 Å². The van der Waals surface area contributed by atoms with Crippen LogP contribution in [-0.4, -0.2) is 11.5 Å². The largest absolute Gasteiger partial charge is 0.385 e. The maximum absolute atomic E-state index is 10.7. The molecule has 1 N–H and O–H groups in total. The molecule has 0 saturated heterocycles. The van der Waals surface area contributed by atoms with Gasteiger partial charge in [0.05, 0.1) is 10.5 Å². The Bertz CT molecular complexity index is 350. The van der Waals surface area contributed by atoms with Crippen molar-refractivity contribution in [3.05, 3.63) is 33.9 Å². The molecule has 1 aromatic carbocycles. The van der Waals surface area contributed by atoms with E-state index in [4.69, 9.17) is 0 Å². The second-order valence-corrected chi connectivity index (χ2v) is 3.09. The molecule has 0 amide bonds. The summed E-state index contributed by atoms with van der Waals surface area (Å²) in [4.78, 5) is 10.3. The van der Waals surface area contributed by atoms with Crippen molar-refractivity contribution in [1.29, 1.82) is 0 Å². The fraction of sp³-hybridized carbons (Fsp3) is 0.455. The molecule has 0 fully saturated rings. The summed E-state index contributed by atoms with van der Waals surface area (Å²) < 4.78 is 0. The molecule has 0 radical (unpaired) electrons. The van der Waals surface area contributed by atoms with Crippen LogP contribution in [0.5, 0.6) is 0 Å². The van der Waals surface area contributed by atoms with E-state index in [1.54, 1.807) is 12.1 Å². The molecule has 82 valence electrons. The van der Waals surface area contributed by atoms with Gasteiger partial charge >= 0.3 is 0 Å². The smallest absolute Gasteiger partial charge is 0.274 e. The molecule has 0 atom stereocenters. The Morgan fingerprint density at radius 3 is 2.80 bits per heavy atom. The second kappa shape index (κ2) is 5.34. The maximum atomic E-state index is 10.7. The van der Waals surface area contributed by atoms with E-state index < -0.39 is 0 Å². The normalized spacial score (nSPS) is 12.9. The minimum Gasteiger partial charge on any atom is -0.385 e. The number of anilines is 1. The number of benzene rings is 1. The first-order chi connectivity index (χ1) is 7.29. The molecule has 1 heterocycles. The van der Waals surface area contributed by atoms with Gasteiger partial charge in [-0.25, -0.2) is 0 Å². The van der Waals surface area contributed by atoms with Gasteiger partial charge < -0.3 is 5.32 Å². The van der Waals surface area contributed by atoms with E-state index in [0.717, 1.165) is 30.6 Å². The zero-order chi connectivity index (χ0) is 11.3. The summed E-state index contributed by atoms with van der Waals surface area (Å²) in [6.07, 6.45) is 1.78. The molecule has 0 aliphatic carbocycles. The molecule has 2 rings (SSSR count). The predicted octanol–water partition coefficient (Wildman–Crippen LogP) is 2.98. The molecule has 4 nitrogen and oxygen atoms in total. The van der Waals surface area contributed by atoms with Crippen LogP contribution in [0.2, 0.25) is 0 Å². The van der Waals surface area contributed by atoms with E-state index in [2.05, 4.69) is 5.32 Å². The summed E-state index contributed by atoms with van der Waals surface area (Å²) in [5.74, 6) is 0. The summed E-state index contributed by atoms with van der Waals surface area (Å²) in [6.45, 7) is 4.91. The third-order valence-electron chi connectivity index (χ3n) is 2.27. The van der Waals surface area contributed by atoms with Gasteiger partial charge in [-0.15, -0.1) is 0 Å². The minimum atomic E-state index is -0.314. The van der Waals surface area contributed by atoms with Crippen LogP contribution in [0.25, 0.3) is 0 Å². The summed E-state index contributed by atoms with van der Waals surface area (Å²) >= 11 is 0. The van der Waals surface area contributed by atoms with E-state index >= 15 is 0 Å². The Labute approximate surface area is 89.5 Å². The molecule has 1 aliphatic rings. The summed E-state index contributed by atoms with van der Waals surface area (Å²) in [7, 11) is 0. The molecule has 0 aromatic heterocycles. The average molecular weight is 208 g/mol. The molecular formula is C11H16N2O2. The topological polar surface area (TPSA) is 55.2 Å². The summed E-state index contributed by atoms with van der Waals surface area (Å²) in [5.41, 5.74) is 2.00. The number of nitrogens with zero attached hydrogens (tertiary/aromatic N) is 1. The van der Waals surface area contributed by atoms with Gasteiger partial charge in [0.2, 0.25) is 0 Å². The Balaban J connectivity index is 0.000000531. The number of nitrogens with one attached hydrogen (secondary N) is 1. The Morgan fingerprint density at radius 1 is 1.40 bits per heavy atom. The van der Waals surface area contributed by atoms with Crippen LogP contribution in [0.15, 0.2) is 18.2 Å². The average Bonchev–Trinajstić information content (AvgIpc) is 2.31. The highest BCUT2D eigenvalue weighted by atomic mass is 16.6. The zero-order valence-electron chi connectivity index (χ0n) is 9.12. The quantitative estimate of drug-likeness (QED) is 0.570. The maximum Gasteiger partial charge on any atom is 0.274 e. The number of nitro groups is 1. The lowest BCUT2D eigenvalue weighted by Gasteiger charge is -2.16. The van der Waals surface area contributed by atoms with E-state index in [1.165, 1.54) is 0 Å². The highest BCUT2D eigenvalue weighted by Crippen LogP contribution is 2.29. The Morgan fingerprint density at radius 2 is 2.13 bits per heavy atom. The lowest BCUT2D eigenvalue weighted by atomic mass is 10.0. The highest BCUT2D eigenvalue weighted by molar-refractivity contribution is 5.61. The molecule has 0 spiro atoms. The first-order valence-corrected chi connectivity index (χ1v) is 5.29. The molecule has 1 aromatic rings. The van der Waals surface area contributed by atoms with Crippen molar-refractivity contribution in [1.82, 2.24) is 0 Å². The molecular weight excluding hydrogens is 192 g/mol. The van der Waals surface area contributed by atoms with Crippen molar-refractivity contribution in [3.8, 4) is 0 Å². The van der Waals surface area contributed by atoms with Crippen molar-refractivity contribution in [2.75, 3.05) is 11.9 Å². The number of hydrogen-bond acceptors (Lipinski definition) is 3. The van der Waals surface area contributed by atoms with Gasteiger partial charge in [-0.05, 0) is 18.9 Å². The molecule has 0 saturated carbocycles. The molecule has 15 heavy (non-hydrogen) atoms. The van der Waals surface area contributed by atoms with Crippen molar-refractivity contribution in [2.24, 2.45) is 0 Å². The van der Waals surface area contributed by atoms with E-state index in [1.807, 2.05) is 19.9 Å². The SMILES string of the molecule is CC.O=[N+]([O-])c1cccc2c1CCCN2. The van der Waals surface area contributed by atoms with Crippen LogP contribution >= 0.6 is 0 Å². The lowest BCUT2D eigenvalue weighted by Crippen LogP contribution is -2.12. The summed E-state index contributed by atoms with van der Waals surface area (Å²) in [5, 5.41) is 13.8. The van der Waals surface area contributed by atoms with Crippen LogP contribution in [0, 0.1) is 10.1 Å². The van der Waals surface area contributed by atoms with Gasteiger partial charge in [0, 0.05) is 18.3 Å². The van der Waals surface area contributed by atoms with Crippen molar-refractivity contribution < 1.29 is 4.92 Å². The van der Waals surface area contributed by atoms with Gasteiger partial charge in [0.1, 0.15) is 0 Å². The predicted molar refractivity (Wildman–Crippen MR) is 61.3 cm³/mol. The van der Waals surface area contributed by atoms with Gasteiger partial charge in [-0.1, -0.05) is 19.9 Å². The van der Waals surface area contributed by atoms with Crippen molar-refractivity contribution in [2.45, 2.75) is 26.7 Å². The first-order valence-electron chi connectivity index (χ1n) is 5.29. The minimum absolute atomic E-state index is 0.240. The monoisotopic (exact) mass is 208 g/mol. The molecule has 0 unspecified atom stereocenters. The highest BCUT2D eigenvalue weighted by Gasteiger charge is 2.18. The number of hydrogen-bond donors (Lipinski definition) is 1. The van der Waals surface area contributed by atoms with Crippen LogP contribution in [0.1, 0.15) is 25.8 Å². The van der Waals surface area contributed by atoms with Crippen LogP contribution in [0.3, 0.4) is 0 Å². The van der Waals surface area contributed by atoms with E-state index in [-0.39, 0.29) is 10.6 Å². The summed E-state index contributed by atoms with van der Waals surface area (Å²) in [6, 6.07) is 5.17. The third-order valence-corrected chi connectivity index (χ3v) is 2.27. The van der Waals surface area contributed by atoms with Crippen LogP contribution in [-0.2, 0) is 6.42 Å². The third kappa shape index (κ3) is 2.46. The molecule has 0 bridgehead atoms. The second-order valence-electron chi connectivity index (χ2n) is 3.09. The first kappa shape index (κ1) is 11.5. The number of fused-ring (bicyclic) bond motifs is 1. The lowest BCUT2D eigenvalue weighted by molar-refractivity contribution is -0.385. The van der Waals surface area contributed by atoms with Gasteiger partial charge in [-0.3, -0.25) is 10.1 Å². The van der Waals surface area contributed by atoms with Crippen LogP contribution < -0.4 is 5.32 Å². The number of rotatable bonds is 1. The Hall–Kier alpha value is -1.58. The van der Waals surface area contributed by atoms with E-state index in [0.29, 0.717) is 0 Å². The molecule has 4 heteroatoms. The fourth-order valence-corrected chi connectivity index (χ4v) is 1.66. The van der Waals surface area contributed by atoms with Crippen molar-refractivity contribution in [3.63, 3.8) is 0 Å². The fourth-order valence-electron chi connectivity index (χ4n) is 1.66. The zero-order valence-corrected chi connectivity index (χ0v) is 9.12. The van der Waals surface area contributed by atoms with Gasteiger partial charge in [-0.2, -0.15) is 0 Å². The van der Waals surface area contributed by atoms with Gasteiger partial charge in [0.15, 0.2) is 0 Å². The van der Waals surface area contributed by atoms with Gasteiger partial charge in [0.25, 0.3) is 5.69 Å². The molecule has 1 aliphatic heterocycles. The van der Waals surface area contributed by atoms with Crippen LogP contribution in [0.4, 0.5) is 11.4 Å².